The van der Waals surface area contributed by atoms with Crippen LogP contribution in [0.5, 0.6) is 0 Å². The molecule has 0 bridgehead atoms. The summed E-state index contributed by atoms with van der Waals surface area (Å²) in [7, 11) is 0. The predicted octanol–water partition coefficient (Wildman–Crippen LogP) is 15.3. The van der Waals surface area contributed by atoms with Gasteiger partial charge in [-0.15, -0.1) is 0 Å². The van der Waals surface area contributed by atoms with E-state index in [1.165, 1.54) is 60.9 Å². The average molecular weight is 746 g/mol. The van der Waals surface area contributed by atoms with E-state index in [2.05, 4.69) is 221 Å². The van der Waals surface area contributed by atoms with Crippen LogP contribution in [0.2, 0.25) is 0 Å². The van der Waals surface area contributed by atoms with E-state index >= 15 is 0 Å². The molecule has 0 amide bonds. The van der Waals surface area contributed by atoms with Crippen molar-refractivity contribution >= 4 is 39.0 Å². The Balaban J connectivity index is 1.19. The zero-order chi connectivity index (χ0) is 40.0. The maximum Gasteiger partial charge on any atom is 0.0713 e. The second-order valence-corrected chi connectivity index (χ2v) is 15.8. The monoisotopic (exact) mass is 745 g/mol. The van der Waals surface area contributed by atoms with Gasteiger partial charge in [0.1, 0.15) is 0 Å². The summed E-state index contributed by atoms with van der Waals surface area (Å²) in [5, 5.41) is 2.49. The fourth-order valence-corrected chi connectivity index (χ4v) is 9.62. The van der Waals surface area contributed by atoms with Crippen LogP contribution < -0.4 is 4.90 Å². The van der Waals surface area contributed by atoms with Gasteiger partial charge in [-0.2, -0.15) is 0 Å². The molecule has 0 aliphatic heterocycles. The maximum absolute atomic E-state index is 4.72. The van der Waals surface area contributed by atoms with Crippen molar-refractivity contribution in [2.75, 3.05) is 4.90 Å². The first-order valence-electron chi connectivity index (χ1n) is 20.1. The van der Waals surface area contributed by atoms with Gasteiger partial charge in [0.05, 0.1) is 5.41 Å². The largest absolute Gasteiger partial charge is 0.311 e. The van der Waals surface area contributed by atoms with Crippen molar-refractivity contribution in [3.63, 3.8) is 0 Å². The van der Waals surface area contributed by atoms with Crippen LogP contribution >= 0.6 is 0 Å². The molecule has 7 aromatic carbocycles. The van der Waals surface area contributed by atoms with E-state index in [0.717, 1.165) is 33.8 Å². The van der Waals surface area contributed by atoms with Crippen molar-refractivity contribution in [1.82, 2.24) is 0 Å². The molecule has 0 saturated carbocycles. The molecule has 0 heterocycles. The van der Waals surface area contributed by atoms with E-state index in [1.807, 2.05) is 12.2 Å². The van der Waals surface area contributed by atoms with Crippen molar-refractivity contribution in [2.24, 2.45) is 0 Å². The van der Waals surface area contributed by atoms with Gasteiger partial charge >= 0.3 is 0 Å². The smallest absolute Gasteiger partial charge is 0.0713 e. The number of para-hydroxylation sites is 1. The fraction of sp³-hybridized carbons (Fsp3) is 0.0877. The molecule has 58 heavy (non-hydrogen) atoms. The van der Waals surface area contributed by atoms with Gasteiger partial charge < -0.3 is 4.90 Å². The Morgan fingerprint density at radius 3 is 1.88 bits per heavy atom. The molecule has 1 heteroatoms. The third-order valence-electron chi connectivity index (χ3n) is 12.4. The number of nitrogens with zero attached hydrogens (tertiary/aromatic N) is 1. The lowest BCUT2D eigenvalue weighted by Crippen LogP contribution is -2.29. The Morgan fingerprint density at radius 2 is 1.17 bits per heavy atom. The third-order valence-corrected chi connectivity index (χ3v) is 12.4. The number of hydrogen-bond acceptors (Lipinski definition) is 1. The highest BCUT2D eigenvalue weighted by molar-refractivity contribution is 5.95. The number of benzene rings is 7. The van der Waals surface area contributed by atoms with Crippen LogP contribution in [0.4, 0.5) is 17.1 Å². The first kappa shape index (κ1) is 36.7. The molecule has 7 aromatic rings. The van der Waals surface area contributed by atoms with E-state index in [1.54, 1.807) is 0 Å². The van der Waals surface area contributed by atoms with E-state index < -0.39 is 5.41 Å². The first-order chi connectivity index (χ1) is 28.3. The van der Waals surface area contributed by atoms with Crippen molar-refractivity contribution < 1.29 is 0 Å². The second kappa shape index (κ2) is 14.5. The van der Waals surface area contributed by atoms with Gasteiger partial charge in [-0.05, 0) is 127 Å². The normalized spacial score (nSPS) is 17.5. The topological polar surface area (TPSA) is 3.24 Å². The SMILES string of the molecule is C=C/C=C1\C(=C)c2ccccc2C1(c1ccc(N(c2ccccc2)c2ccc(-c3ccc4ccccc4c3)cc2)cc1)c1ccc2c(c1)C(C)(C)C(/C=C\C)=C2C=C. The first-order valence-corrected chi connectivity index (χ1v) is 20.1. The minimum atomic E-state index is -0.623. The highest BCUT2D eigenvalue weighted by atomic mass is 15.1. The van der Waals surface area contributed by atoms with Crippen molar-refractivity contribution in [3.8, 4) is 11.1 Å². The van der Waals surface area contributed by atoms with Crippen molar-refractivity contribution in [2.45, 2.75) is 31.6 Å². The number of hydrogen-bond donors (Lipinski definition) is 0. The van der Waals surface area contributed by atoms with Crippen LogP contribution in [-0.2, 0) is 10.8 Å². The van der Waals surface area contributed by atoms with Gasteiger partial charge in [-0.25, -0.2) is 0 Å². The van der Waals surface area contributed by atoms with Gasteiger partial charge in [0.15, 0.2) is 0 Å². The predicted molar refractivity (Wildman–Crippen MR) is 249 cm³/mol. The molecular formula is C57H47N. The average Bonchev–Trinajstić information content (AvgIpc) is 3.64. The molecule has 0 N–H and O–H groups in total. The minimum Gasteiger partial charge on any atom is -0.311 e. The molecule has 2 aliphatic rings. The Labute approximate surface area is 343 Å². The van der Waals surface area contributed by atoms with Crippen molar-refractivity contribution in [3.05, 3.63) is 258 Å². The number of rotatable bonds is 9. The van der Waals surface area contributed by atoms with Crippen LogP contribution in [-0.4, -0.2) is 0 Å². The molecule has 280 valence electrons. The summed E-state index contributed by atoms with van der Waals surface area (Å²) in [4.78, 5) is 2.34. The number of allylic oxidation sites excluding steroid dienone is 9. The molecule has 1 unspecified atom stereocenters. The molecule has 9 rings (SSSR count). The van der Waals surface area contributed by atoms with Gasteiger partial charge in [-0.3, -0.25) is 0 Å². The maximum atomic E-state index is 4.72. The molecule has 2 aliphatic carbocycles. The standard InChI is InChI=1S/C57H47N/c1-7-17-52-39(4)50-23-15-16-24-54(50)57(52,45-31-36-51-49(9-3)53(18-8-2)56(5,6)55(51)38-45)44-29-34-48(35-30-44)58(46-21-11-10-12-22-46)47-32-27-41(28-33-47)43-26-25-40-19-13-14-20-42(40)37-43/h7-38H,1,3-4H2,2,5-6H3/b18-8-,52-17+. The summed E-state index contributed by atoms with van der Waals surface area (Å²) in [6.07, 6.45) is 10.5. The van der Waals surface area contributed by atoms with Crippen LogP contribution in [0.3, 0.4) is 0 Å². The Bertz CT molecular complexity index is 2840. The number of fused-ring (bicyclic) bond motifs is 3. The quantitative estimate of drug-likeness (QED) is 0.142. The Morgan fingerprint density at radius 1 is 0.552 bits per heavy atom. The zero-order valence-corrected chi connectivity index (χ0v) is 33.5. The van der Waals surface area contributed by atoms with Crippen molar-refractivity contribution in [1.29, 1.82) is 0 Å². The van der Waals surface area contributed by atoms with Crippen LogP contribution in [0.15, 0.2) is 225 Å². The molecule has 1 atom stereocenters. The molecule has 0 radical (unpaired) electrons. The number of anilines is 3. The van der Waals surface area contributed by atoms with E-state index in [-0.39, 0.29) is 5.41 Å². The molecule has 0 aromatic heterocycles. The summed E-state index contributed by atoms with van der Waals surface area (Å²) in [6, 6.07) is 59.8. The van der Waals surface area contributed by atoms with Gasteiger partial charge in [-0.1, -0.05) is 185 Å². The lowest BCUT2D eigenvalue weighted by molar-refractivity contribution is 0.649. The molecular weight excluding hydrogens is 699 g/mol. The summed E-state index contributed by atoms with van der Waals surface area (Å²) in [5.41, 5.74) is 16.8. The lowest BCUT2D eigenvalue weighted by Gasteiger charge is -2.36. The van der Waals surface area contributed by atoms with Crippen LogP contribution in [0.1, 0.15) is 54.2 Å². The Hall–Kier alpha value is -6.96. The zero-order valence-electron chi connectivity index (χ0n) is 33.5. The van der Waals surface area contributed by atoms with Gasteiger partial charge in [0, 0.05) is 22.5 Å². The summed E-state index contributed by atoms with van der Waals surface area (Å²) in [6.45, 7) is 19.9. The van der Waals surface area contributed by atoms with E-state index in [0.29, 0.717) is 0 Å². The van der Waals surface area contributed by atoms with E-state index in [4.69, 9.17) is 6.58 Å². The highest BCUT2D eigenvalue weighted by Crippen LogP contribution is 2.58. The second-order valence-electron chi connectivity index (χ2n) is 15.8. The summed E-state index contributed by atoms with van der Waals surface area (Å²) < 4.78 is 0. The molecule has 0 fully saturated rings. The van der Waals surface area contributed by atoms with E-state index in [9.17, 15) is 0 Å². The van der Waals surface area contributed by atoms with Gasteiger partial charge in [0.25, 0.3) is 0 Å². The van der Waals surface area contributed by atoms with Gasteiger partial charge in [0.2, 0.25) is 0 Å². The molecule has 0 saturated heterocycles. The highest BCUT2D eigenvalue weighted by Gasteiger charge is 2.48. The molecule has 1 nitrogen and oxygen atoms in total. The summed E-state index contributed by atoms with van der Waals surface area (Å²) in [5.74, 6) is 0. The Kier molecular flexibility index (Phi) is 9.18. The minimum absolute atomic E-state index is 0.204. The van der Waals surface area contributed by atoms with Crippen LogP contribution in [0, 0.1) is 0 Å². The molecule has 0 spiro atoms. The fourth-order valence-electron chi connectivity index (χ4n) is 9.62. The lowest BCUT2D eigenvalue weighted by atomic mass is 9.66. The summed E-state index contributed by atoms with van der Waals surface area (Å²) >= 11 is 0. The third kappa shape index (κ3) is 5.69. The van der Waals surface area contributed by atoms with Crippen LogP contribution in [0.25, 0.3) is 33.0 Å².